The average molecular weight is 315 g/mol. The monoisotopic (exact) mass is 314 g/mol. The van der Waals surface area contributed by atoms with E-state index in [1.807, 2.05) is 12.1 Å². The Morgan fingerprint density at radius 2 is 2.10 bits per heavy atom. The molecule has 0 bridgehead atoms. The number of carboxylic acids is 1. The number of rotatable bonds is 3. The molecule has 1 aliphatic rings. The van der Waals surface area contributed by atoms with Gasteiger partial charge in [-0.25, -0.2) is 9.59 Å². The highest BCUT2D eigenvalue weighted by Gasteiger charge is 2.35. The summed E-state index contributed by atoms with van der Waals surface area (Å²) in [5.74, 6) is -0.0976. The molecule has 1 aromatic rings. The van der Waals surface area contributed by atoms with Crippen molar-refractivity contribution in [1.82, 2.24) is 9.80 Å². The van der Waals surface area contributed by atoms with Gasteiger partial charge in [-0.1, -0.05) is 23.7 Å². The van der Waals surface area contributed by atoms with Gasteiger partial charge in [-0.3, -0.25) is 0 Å². The first-order chi connectivity index (χ1) is 9.49. The lowest BCUT2D eigenvalue weighted by Crippen LogP contribution is -2.47. The van der Waals surface area contributed by atoms with Gasteiger partial charge in [0, 0.05) is 24.4 Å². The van der Waals surface area contributed by atoms with E-state index >= 15 is 0 Å². The molecule has 0 saturated carbocycles. The van der Waals surface area contributed by atoms with Crippen LogP contribution < -0.4 is 0 Å². The Bertz CT molecular complexity index is 509. The van der Waals surface area contributed by atoms with Crippen LogP contribution in [0.2, 0.25) is 5.02 Å². The lowest BCUT2D eigenvalue weighted by atomic mass is 10.2. The first-order valence-corrected chi connectivity index (χ1v) is 7.59. The van der Waals surface area contributed by atoms with Crippen LogP contribution in [0.3, 0.4) is 0 Å². The predicted molar refractivity (Wildman–Crippen MR) is 78.9 cm³/mol. The summed E-state index contributed by atoms with van der Waals surface area (Å²) in [5, 5.41) is 9.74. The first-order valence-electron chi connectivity index (χ1n) is 6.06. The Morgan fingerprint density at radius 3 is 2.70 bits per heavy atom. The van der Waals surface area contributed by atoms with Crippen LogP contribution in [0.5, 0.6) is 0 Å². The molecule has 1 unspecified atom stereocenters. The fraction of sp³-hybridized carbons (Fsp3) is 0.385. The number of urea groups is 1. The van der Waals surface area contributed by atoms with E-state index in [9.17, 15) is 9.59 Å². The third-order valence-electron chi connectivity index (χ3n) is 3.07. The topological polar surface area (TPSA) is 60.9 Å². The molecule has 7 heteroatoms. The normalized spacial score (nSPS) is 18.1. The van der Waals surface area contributed by atoms with Crippen LogP contribution in [-0.4, -0.2) is 51.6 Å². The molecule has 1 atom stereocenters. The molecular formula is C13H15ClN2O3S. The maximum absolute atomic E-state index is 12.3. The zero-order valence-corrected chi connectivity index (χ0v) is 12.5. The fourth-order valence-corrected chi connectivity index (χ4v) is 3.25. The zero-order chi connectivity index (χ0) is 14.7. The Morgan fingerprint density at radius 1 is 1.45 bits per heavy atom. The minimum Gasteiger partial charge on any atom is -0.480 e. The number of hydrogen-bond acceptors (Lipinski definition) is 3. The van der Waals surface area contributed by atoms with Crippen molar-refractivity contribution in [1.29, 1.82) is 0 Å². The Hall–Kier alpha value is -1.40. The van der Waals surface area contributed by atoms with Crippen molar-refractivity contribution in [3.05, 3.63) is 34.9 Å². The molecule has 0 radical (unpaired) electrons. The summed E-state index contributed by atoms with van der Waals surface area (Å²) < 4.78 is 0. The summed E-state index contributed by atoms with van der Waals surface area (Å²) in [7, 11) is 1.67. The van der Waals surface area contributed by atoms with Gasteiger partial charge in [0.2, 0.25) is 0 Å². The largest absolute Gasteiger partial charge is 0.480 e. The highest BCUT2D eigenvalue weighted by atomic mass is 35.5. The van der Waals surface area contributed by atoms with Crippen LogP contribution >= 0.6 is 23.4 Å². The van der Waals surface area contributed by atoms with E-state index in [1.54, 1.807) is 19.2 Å². The molecule has 2 amide bonds. The van der Waals surface area contributed by atoms with Crippen molar-refractivity contribution in [2.75, 3.05) is 18.7 Å². The van der Waals surface area contributed by atoms with Crippen LogP contribution in [-0.2, 0) is 11.3 Å². The number of thioether (sulfide) groups is 1. The van der Waals surface area contributed by atoms with Gasteiger partial charge in [0.1, 0.15) is 6.04 Å². The number of carboxylic acid groups (broad SMARTS) is 1. The minimum absolute atomic E-state index is 0.266. The van der Waals surface area contributed by atoms with Crippen molar-refractivity contribution in [3.8, 4) is 0 Å². The second-order valence-corrected chi connectivity index (χ2v) is 6.03. The molecule has 1 aromatic carbocycles. The average Bonchev–Trinajstić information content (AvgIpc) is 2.90. The van der Waals surface area contributed by atoms with Crippen molar-refractivity contribution in [3.63, 3.8) is 0 Å². The Kier molecular flexibility index (Phi) is 4.77. The molecule has 1 saturated heterocycles. The van der Waals surface area contributed by atoms with Crippen LogP contribution in [0.4, 0.5) is 4.79 Å². The standard InChI is InChI=1S/C13H15ClN2O3S/c1-15(6-9-2-4-10(14)5-3-9)13(19)16-8-20-7-11(16)12(17)18/h2-5,11H,6-8H2,1H3,(H,17,18). The number of benzene rings is 1. The second-order valence-electron chi connectivity index (χ2n) is 4.59. The van der Waals surface area contributed by atoms with E-state index in [2.05, 4.69) is 0 Å². The number of carbonyl (C=O) groups is 2. The zero-order valence-electron chi connectivity index (χ0n) is 11.0. The van der Waals surface area contributed by atoms with Gasteiger partial charge in [0.15, 0.2) is 0 Å². The molecule has 0 spiro atoms. The quantitative estimate of drug-likeness (QED) is 0.930. The van der Waals surface area contributed by atoms with Crippen LogP contribution in [0.25, 0.3) is 0 Å². The maximum atomic E-state index is 12.3. The lowest BCUT2D eigenvalue weighted by molar-refractivity contribution is -0.140. The number of hydrogen-bond donors (Lipinski definition) is 1. The second kappa shape index (κ2) is 6.37. The molecule has 1 heterocycles. The van der Waals surface area contributed by atoms with Gasteiger partial charge in [-0.15, -0.1) is 11.8 Å². The minimum atomic E-state index is -0.955. The van der Waals surface area contributed by atoms with E-state index in [0.717, 1.165) is 5.56 Å². The maximum Gasteiger partial charge on any atom is 0.327 e. The third-order valence-corrected chi connectivity index (χ3v) is 4.34. The van der Waals surface area contributed by atoms with E-state index in [1.165, 1.54) is 21.6 Å². The van der Waals surface area contributed by atoms with Gasteiger partial charge >= 0.3 is 12.0 Å². The smallest absolute Gasteiger partial charge is 0.327 e. The van der Waals surface area contributed by atoms with E-state index in [4.69, 9.17) is 16.7 Å². The molecule has 0 aliphatic carbocycles. The van der Waals surface area contributed by atoms with Gasteiger partial charge in [0.25, 0.3) is 0 Å². The summed E-state index contributed by atoms with van der Waals surface area (Å²) >= 11 is 7.26. The third kappa shape index (κ3) is 3.37. The Balaban J connectivity index is 2.01. The molecule has 1 fully saturated rings. The molecule has 1 aliphatic heterocycles. The fourth-order valence-electron chi connectivity index (χ4n) is 1.99. The van der Waals surface area contributed by atoms with Crippen molar-refractivity contribution in [2.45, 2.75) is 12.6 Å². The predicted octanol–water partition coefficient (Wildman–Crippen LogP) is 2.35. The Labute approximate surface area is 126 Å². The highest BCUT2D eigenvalue weighted by molar-refractivity contribution is 7.99. The summed E-state index contributed by atoms with van der Waals surface area (Å²) in [4.78, 5) is 26.3. The number of carbonyl (C=O) groups excluding carboxylic acids is 1. The van der Waals surface area contributed by atoms with E-state index in [-0.39, 0.29) is 6.03 Å². The number of nitrogens with zero attached hydrogens (tertiary/aromatic N) is 2. The van der Waals surface area contributed by atoms with Crippen molar-refractivity contribution >= 4 is 35.4 Å². The molecule has 0 aromatic heterocycles. The van der Waals surface area contributed by atoms with Crippen molar-refractivity contribution in [2.24, 2.45) is 0 Å². The van der Waals surface area contributed by atoms with Gasteiger partial charge in [-0.2, -0.15) is 0 Å². The van der Waals surface area contributed by atoms with Crippen LogP contribution in [0.1, 0.15) is 5.56 Å². The lowest BCUT2D eigenvalue weighted by Gasteiger charge is -2.27. The van der Waals surface area contributed by atoms with E-state index < -0.39 is 12.0 Å². The van der Waals surface area contributed by atoms with Crippen LogP contribution in [0, 0.1) is 0 Å². The SMILES string of the molecule is CN(Cc1ccc(Cl)cc1)C(=O)N1CSCC1C(=O)O. The van der Waals surface area contributed by atoms with Crippen molar-refractivity contribution < 1.29 is 14.7 Å². The van der Waals surface area contributed by atoms with E-state index in [0.29, 0.717) is 23.2 Å². The molecule has 20 heavy (non-hydrogen) atoms. The molecule has 1 N–H and O–H groups in total. The summed E-state index contributed by atoms with van der Waals surface area (Å²) in [5.41, 5.74) is 0.948. The molecule has 2 rings (SSSR count). The number of amides is 2. The molecular weight excluding hydrogens is 300 g/mol. The van der Waals surface area contributed by atoms with Crippen LogP contribution in [0.15, 0.2) is 24.3 Å². The summed E-state index contributed by atoms with van der Waals surface area (Å²) in [6.07, 6.45) is 0. The molecule has 108 valence electrons. The summed E-state index contributed by atoms with van der Waals surface area (Å²) in [6.45, 7) is 0.420. The summed E-state index contributed by atoms with van der Waals surface area (Å²) in [6, 6.07) is 6.22. The number of halogens is 1. The molecule has 5 nitrogen and oxygen atoms in total. The number of aliphatic carboxylic acids is 1. The highest BCUT2D eigenvalue weighted by Crippen LogP contribution is 2.22. The van der Waals surface area contributed by atoms with Gasteiger partial charge in [-0.05, 0) is 17.7 Å². The first kappa shape index (κ1) is 15.0. The van der Waals surface area contributed by atoms with Gasteiger partial charge in [0.05, 0.1) is 5.88 Å². The van der Waals surface area contributed by atoms with Gasteiger partial charge < -0.3 is 14.9 Å².